The summed E-state index contributed by atoms with van der Waals surface area (Å²) in [4.78, 5) is 25.3. The lowest BCUT2D eigenvalue weighted by molar-refractivity contribution is 0.102. The van der Waals surface area contributed by atoms with Crippen LogP contribution in [0.4, 0.5) is 5.69 Å². The first kappa shape index (κ1) is 16.8. The van der Waals surface area contributed by atoms with Gasteiger partial charge in [0.2, 0.25) is 0 Å². The number of carbonyl (C=O) groups excluding carboxylic acids is 1. The maximum Gasteiger partial charge on any atom is 0.276 e. The standard InChI is InChI=1S/C21H18N4O2/c1-2-25-21(27)18-11-4-3-10-17(18)19(23-25)20(26)22-15-8-7-9-16(14-15)24-12-5-6-13-24/h3-14H,2H2,1H3,(H,22,26). The smallest absolute Gasteiger partial charge is 0.276 e. The summed E-state index contributed by atoms with van der Waals surface area (Å²) in [5.74, 6) is -0.349. The molecule has 2 heterocycles. The lowest BCUT2D eigenvalue weighted by Gasteiger charge is -2.11. The molecule has 0 aliphatic rings. The monoisotopic (exact) mass is 358 g/mol. The quantitative estimate of drug-likeness (QED) is 0.607. The zero-order valence-electron chi connectivity index (χ0n) is 14.8. The van der Waals surface area contributed by atoms with Crippen LogP contribution >= 0.6 is 0 Å². The van der Waals surface area contributed by atoms with Gasteiger partial charge in [-0.25, -0.2) is 4.68 Å². The van der Waals surface area contributed by atoms with Gasteiger partial charge in [-0.1, -0.05) is 24.3 Å². The third kappa shape index (κ3) is 3.13. The van der Waals surface area contributed by atoms with Crippen molar-refractivity contribution in [2.24, 2.45) is 0 Å². The van der Waals surface area contributed by atoms with Gasteiger partial charge in [0.1, 0.15) is 0 Å². The van der Waals surface area contributed by atoms with Crippen molar-refractivity contribution < 1.29 is 4.79 Å². The highest BCUT2D eigenvalue weighted by Crippen LogP contribution is 2.18. The van der Waals surface area contributed by atoms with E-state index in [0.717, 1.165) is 5.69 Å². The molecular formula is C21H18N4O2. The molecular weight excluding hydrogens is 340 g/mol. The Labute approximate surface area is 155 Å². The first-order valence-electron chi connectivity index (χ1n) is 8.72. The minimum atomic E-state index is -0.349. The van der Waals surface area contributed by atoms with Gasteiger partial charge in [0, 0.05) is 35.7 Å². The SMILES string of the molecule is CCn1nc(C(=O)Nc2cccc(-n3cccc3)c2)c2ccccc2c1=O. The second kappa shape index (κ2) is 6.92. The number of nitrogens with one attached hydrogen (secondary N) is 1. The van der Waals surface area contributed by atoms with E-state index in [1.807, 2.05) is 60.3 Å². The van der Waals surface area contributed by atoms with Gasteiger partial charge in [-0.2, -0.15) is 5.10 Å². The largest absolute Gasteiger partial charge is 0.324 e. The number of aryl methyl sites for hydroxylation is 1. The summed E-state index contributed by atoms with van der Waals surface area (Å²) in [6.07, 6.45) is 3.88. The van der Waals surface area contributed by atoms with E-state index in [1.54, 1.807) is 24.3 Å². The van der Waals surface area contributed by atoms with E-state index >= 15 is 0 Å². The van der Waals surface area contributed by atoms with Gasteiger partial charge in [0.25, 0.3) is 11.5 Å². The second-order valence-corrected chi connectivity index (χ2v) is 6.11. The molecule has 0 saturated carbocycles. The van der Waals surface area contributed by atoms with Crippen LogP contribution in [0.3, 0.4) is 0 Å². The lowest BCUT2D eigenvalue weighted by Crippen LogP contribution is -2.27. The number of anilines is 1. The third-order valence-corrected chi connectivity index (χ3v) is 4.39. The highest BCUT2D eigenvalue weighted by atomic mass is 16.2. The molecule has 134 valence electrons. The van der Waals surface area contributed by atoms with Crippen LogP contribution < -0.4 is 10.9 Å². The number of rotatable bonds is 4. The number of hydrogen-bond donors (Lipinski definition) is 1. The first-order chi connectivity index (χ1) is 13.2. The Morgan fingerprint density at radius 2 is 1.74 bits per heavy atom. The maximum absolute atomic E-state index is 12.9. The summed E-state index contributed by atoms with van der Waals surface area (Å²) in [5.41, 5.74) is 1.64. The first-order valence-corrected chi connectivity index (χ1v) is 8.72. The van der Waals surface area contributed by atoms with Crippen LogP contribution in [0, 0.1) is 0 Å². The van der Waals surface area contributed by atoms with Crippen molar-refractivity contribution in [1.82, 2.24) is 14.3 Å². The molecule has 6 nitrogen and oxygen atoms in total. The van der Waals surface area contributed by atoms with Gasteiger partial charge in [0.05, 0.1) is 5.39 Å². The minimum Gasteiger partial charge on any atom is -0.324 e. The average Bonchev–Trinajstić information content (AvgIpc) is 3.23. The molecule has 6 heteroatoms. The zero-order chi connectivity index (χ0) is 18.8. The number of carbonyl (C=O) groups is 1. The molecule has 2 aromatic carbocycles. The van der Waals surface area contributed by atoms with Gasteiger partial charge in [0.15, 0.2) is 5.69 Å². The van der Waals surface area contributed by atoms with Gasteiger partial charge in [-0.3, -0.25) is 9.59 Å². The third-order valence-electron chi connectivity index (χ3n) is 4.39. The summed E-state index contributed by atoms with van der Waals surface area (Å²) in [6, 6.07) is 18.5. The van der Waals surface area contributed by atoms with E-state index in [1.165, 1.54) is 4.68 Å². The van der Waals surface area contributed by atoms with E-state index in [0.29, 0.717) is 23.0 Å². The van der Waals surface area contributed by atoms with Crippen molar-refractivity contribution in [2.45, 2.75) is 13.5 Å². The predicted octanol–water partition coefficient (Wildman–Crippen LogP) is 3.46. The van der Waals surface area contributed by atoms with E-state index in [4.69, 9.17) is 0 Å². The molecule has 0 spiro atoms. The summed E-state index contributed by atoms with van der Waals surface area (Å²) in [7, 11) is 0. The fraction of sp³-hybridized carbons (Fsp3) is 0.0952. The van der Waals surface area contributed by atoms with Gasteiger partial charge >= 0.3 is 0 Å². The summed E-state index contributed by atoms with van der Waals surface area (Å²) >= 11 is 0. The fourth-order valence-electron chi connectivity index (χ4n) is 3.06. The van der Waals surface area contributed by atoms with Crippen LogP contribution in [0.1, 0.15) is 17.4 Å². The van der Waals surface area contributed by atoms with Gasteiger partial charge in [-0.05, 0) is 43.3 Å². The molecule has 0 unspecified atom stereocenters. The molecule has 27 heavy (non-hydrogen) atoms. The van der Waals surface area contributed by atoms with E-state index in [9.17, 15) is 9.59 Å². The molecule has 0 fully saturated rings. The number of benzene rings is 2. The van der Waals surface area contributed by atoms with Crippen molar-refractivity contribution in [2.75, 3.05) is 5.32 Å². The Morgan fingerprint density at radius 1 is 1.00 bits per heavy atom. The van der Waals surface area contributed by atoms with Crippen molar-refractivity contribution in [3.05, 3.63) is 89.1 Å². The van der Waals surface area contributed by atoms with Crippen molar-refractivity contribution in [3.8, 4) is 5.69 Å². The fourth-order valence-corrected chi connectivity index (χ4v) is 3.06. The number of hydrogen-bond acceptors (Lipinski definition) is 3. The molecule has 0 aliphatic heterocycles. The average molecular weight is 358 g/mol. The zero-order valence-corrected chi connectivity index (χ0v) is 14.8. The van der Waals surface area contributed by atoms with Crippen molar-refractivity contribution in [3.63, 3.8) is 0 Å². The molecule has 4 rings (SSSR count). The van der Waals surface area contributed by atoms with Gasteiger partial charge in [-0.15, -0.1) is 0 Å². The Kier molecular flexibility index (Phi) is 4.30. The highest BCUT2D eigenvalue weighted by Gasteiger charge is 2.16. The van der Waals surface area contributed by atoms with Crippen LogP contribution in [-0.2, 0) is 6.54 Å². The normalized spacial score (nSPS) is 10.9. The van der Waals surface area contributed by atoms with Gasteiger partial charge < -0.3 is 9.88 Å². The highest BCUT2D eigenvalue weighted by molar-refractivity contribution is 6.11. The predicted molar refractivity (Wildman–Crippen MR) is 105 cm³/mol. The molecule has 1 N–H and O–H groups in total. The molecule has 0 saturated heterocycles. The number of amides is 1. The number of aromatic nitrogens is 3. The Bertz CT molecular complexity index is 1180. The molecule has 0 radical (unpaired) electrons. The molecule has 4 aromatic rings. The lowest BCUT2D eigenvalue weighted by atomic mass is 10.1. The van der Waals surface area contributed by atoms with Crippen LogP contribution in [0.2, 0.25) is 0 Å². The molecule has 0 bridgehead atoms. The van der Waals surface area contributed by atoms with Crippen LogP contribution in [0.5, 0.6) is 0 Å². The summed E-state index contributed by atoms with van der Waals surface area (Å²) < 4.78 is 3.27. The molecule has 1 amide bonds. The van der Waals surface area contributed by atoms with Crippen molar-refractivity contribution >= 4 is 22.4 Å². The van der Waals surface area contributed by atoms with Crippen LogP contribution in [0.25, 0.3) is 16.5 Å². The molecule has 0 aliphatic carbocycles. The Balaban J connectivity index is 1.73. The maximum atomic E-state index is 12.9. The summed E-state index contributed by atoms with van der Waals surface area (Å²) in [6.45, 7) is 2.22. The summed E-state index contributed by atoms with van der Waals surface area (Å²) in [5, 5.41) is 8.20. The second-order valence-electron chi connectivity index (χ2n) is 6.11. The number of fused-ring (bicyclic) bond motifs is 1. The van der Waals surface area contributed by atoms with Crippen LogP contribution in [-0.4, -0.2) is 20.3 Å². The van der Waals surface area contributed by atoms with Crippen LogP contribution in [0.15, 0.2) is 77.9 Å². The van der Waals surface area contributed by atoms with E-state index in [2.05, 4.69) is 10.4 Å². The topological polar surface area (TPSA) is 68.9 Å². The van der Waals surface area contributed by atoms with Crippen molar-refractivity contribution in [1.29, 1.82) is 0 Å². The molecule has 2 aromatic heterocycles. The Hall–Kier alpha value is -3.67. The Morgan fingerprint density at radius 3 is 2.48 bits per heavy atom. The van der Waals surface area contributed by atoms with E-state index < -0.39 is 0 Å². The van der Waals surface area contributed by atoms with E-state index in [-0.39, 0.29) is 17.2 Å². The minimum absolute atomic E-state index is 0.195. The molecule has 0 atom stereocenters. The number of nitrogens with zero attached hydrogens (tertiary/aromatic N) is 3.